The van der Waals surface area contributed by atoms with Gasteiger partial charge in [0.05, 0.1) is 11.1 Å². The van der Waals surface area contributed by atoms with Crippen LogP contribution in [0.25, 0.3) is 10.9 Å². The molecule has 1 aromatic heterocycles. The molecular weight excluding hydrogens is 274 g/mol. The highest BCUT2D eigenvalue weighted by Gasteiger charge is 2.28. The topological polar surface area (TPSA) is 50.2 Å². The van der Waals surface area contributed by atoms with Crippen LogP contribution in [0.1, 0.15) is 47.8 Å². The number of halogens is 1. The molecule has 3 nitrogen and oxygen atoms in total. The van der Waals surface area contributed by atoms with Crippen molar-refractivity contribution >= 4 is 28.5 Å². The average molecular weight is 290 g/mol. The molecule has 0 saturated carbocycles. The van der Waals surface area contributed by atoms with Gasteiger partial charge in [0.1, 0.15) is 0 Å². The number of carbonyl (C=O) groups is 1. The Labute approximate surface area is 122 Å². The van der Waals surface area contributed by atoms with Gasteiger partial charge in [-0.05, 0) is 42.4 Å². The van der Waals surface area contributed by atoms with E-state index in [1.807, 2.05) is 0 Å². The lowest BCUT2D eigenvalue weighted by molar-refractivity contribution is 0.0697. The predicted molar refractivity (Wildman–Crippen MR) is 79.6 cm³/mol. The van der Waals surface area contributed by atoms with Crippen LogP contribution >= 0.6 is 11.6 Å². The molecule has 1 aliphatic rings. The fourth-order valence-electron chi connectivity index (χ4n) is 3.30. The summed E-state index contributed by atoms with van der Waals surface area (Å²) in [7, 11) is 0. The largest absolute Gasteiger partial charge is 0.478 e. The third kappa shape index (κ3) is 2.06. The number of aromatic carboxylic acids is 1. The van der Waals surface area contributed by atoms with Gasteiger partial charge in [-0.1, -0.05) is 31.5 Å². The van der Waals surface area contributed by atoms with Crippen molar-refractivity contribution in [2.24, 2.45) is 5.92 Å². The maximum Gasteiger partial charge on any atom is 0.336 e. The zero-order valence-electron chi connectivity index (χ0n) is 11.5. The normalized spacial score (nSPS) is 21.8. The molecule has 2 aromatic rings. The van der Waals surface area contributed by atoms with E-state index in [0.717, 1.165) is 24.1 Å². The number of benzene rings is 1. The van der Waals surface area contributed by atoms with E-state index in [-0.39, 0.29) is 5.92 Å². The first-order valence-electron chi connectivity index (χ1n) is 6.82. The molecule has 0 bridgehead atoms. The van der Waals surface area contributed by atoms with Crippen molar-refractivity contribution in [1.29, 1.82) is 0 Å². The summed E-state index contributed by atoms with van der Waals surface area (Å²) in [5, 5.41) is 10.9. The number of nitrogens with zero attached hydrogens (tertiary/aromatic N) is 1. The van der Waals surface area contributed by atoms with Crippen LogP contribution < -0.4 is 0 Å². The zero-order chi connectivity index (χ0) is 14.4. The molecule has 0 amide bonds. The Kier molecular flexibility index (Phi) is 3.17. The molecule has 1 heterocycles. The third-order valence-electron chi connectivity index (χ3n) is 4.07. The molecule has 20 heavy (non-hydrogen) atoms. The molecule has 104 valence electrons. The summed E-state index contributed by atoms with van der Waals surface area (Å²) in [6, 6.07) is 5.23. The van der Waals surface area contributed by atoms with Gasteiger partial charge in [0, 0.05) is 16.1 Å². The van der Waals surface area contributed by atoms with E-state index in [1.165, 1.54) is 0 Å². The molecule has 1 aliphatic carbocycles. The van der Waals surface area contributed by atoms with E-state index >= 15 is 0 Å². The van der Waals surface area contributed by atoms with Crippen LogP contribution in [0.4, 0.5) is 0 Å². The summed E-state index contributed by atoms with van der Waals surface area (Å²) in [6.45, 7) is 4.28. The molecule has 0 fully saturated rings. The molecule has 3 rings (SSSR count). The minimum atomic E-state index is -0.878. The minimum Gasteiger partial charge on any atom is -0.478 e. The summed E-state index contributed by atoms with van der Waals surface area (Å²) in [6.07, 6.45) is 1.83. The fraction of sp³-hybridized carbons (Fsp3) is 0.375. The highest BCUT2D eigenvalue weighted by molar-refractivity contribution is 6.31. The van der Waals surface area contributed by atoms with Crippen LogP contribution in [-0.2, 0) is 6.42 Å². The molecule has 4 heteroatoms. The van der Waals surface area contributed by atoms with Crippen LogP contribution in [0.2, 0.25) is 5.02 Å². The summed E-state index contributed by atoms with van der Waals surface area (Å²) in [4.78, 5) is 16.4. The lowest BCUT2D eigenvalue weighted by atomic mass is 9.79. The van der Waals surface area contributed by atoms with Crippen LogP contribution in [0.5, 0.6) is 0 Å². The van der Waals surface area contributed by atoms with Crippen molar-refractivity contribution in [2.75, 3.05) is 0 Å². The molecule has 2 atom stereocenters. The Morgan fingerprint density at radius 3 is 2.85 bits per heavy atom. The number of hydrogen-bond acceptors (Lipinski definition) is 2. The highest BCUT2D eigenvalue weighted by Crippen LogP contribution is 2.38. The highest BCUT2D eigenvalue weighted by atomic mass is 35.5. The number of aromatic nitrogens is 1. The van der Waals surface area contributed by atoms with E-state index in [2.05, 4.69) is 18.8 Å². The van der Waals surface area contributed by atoms with Crippen molar-refractivity contribution in [1.82, 2.24) is 4.98 Å². The lowest BCUT2D eigenvalue weighted by Gasteiger charge is -2.28. The Bertz CT molecular complexity index is 711. The number of hydrogen-bond donors (Lipinski definition) is 1. The van der Waals surface area contributed by atoms with Crippen molar-refractivity contribution in [3.05, 3.63) is 40.0 Å². The third-order valence-corrected chi connectivity index (χ3v) is 4.31. The smallest absolute Gasteiger partial charge is 0.336 e. The zero-order valence-corrected chi connectivity index (χ0v) is 12.2. The quantitative estimate of drug-likeness (QED) is 0.853. The molecular formula is C16H16ClNO2. The number of carboxylic acids is 1. The van der Waals surface area contributed by atoms with Crippen molar-refractivity contribution < 1.29 is 9.90 Å². The van der Waals surface area contributed by atoms with Gasteiger partial charge in [-0.3, -0.25) is 4.98 Å². The molecule has 0 spiro atoms. The SMILES string of the molecule is CC1Cc2c(nc3cc(Cl)ccc3c2C(=O)O)C(C)C1. The molecule has 0 aliphatic heterocycles. The van der Waals surface area contributed by atoms with Gasteiger partial charge < -0.3 is 5.11 Å². The van der Waals surface area contributed by atoms with Gasteiger partial charge in [0.25, 0.3) is 0 Å². The Balaban J connectivity index is 2.39. The number of fused-ring (bicyclic) bond motifs is 2. The van der Waals surface area contributed by atoms with E-state index < -0.39 is 5.97 Å². The van der Waals surface area contributed by atoms with Gasteiger partial charge in [0.2, 0.25) is 0 Å². The first-order chi connectivity index (χ1) is 9.47. The van der Waals surface area contributed by atoms with E-state index in [0.29, 0.717) is 27.4 Å². The van der Waals surface area contributed by atoms with Crippen molar-refractivity contribution in [3.63, 3.8) is 0 Å². The number of rotatable bonds is 1. The van der Waals surface area contributed by atoms with Crippen molar-refractivity contribution in [2.45, 2.75) is 32.6 Å². The van der Waals surface area contributed by atoms with Gasteiger partial charge in [-0.25, -0.2) is 4.79 Å². The van der Waals surface area contributed by atoms with Crippen molar-refractivity contribution in [3.8, 4) is 0 Å². The first-order valence-corrected chi connectivity index (χ1v) is 7.20. The lowest BCUT2D eigenvalue weighted by Crippen LogP contribution is -2.20. The molecule has 2 unspecified atom stereocenters. The Hall–Kier alpha value is -1.61. The van der Waals surface area contributed by atoms with Gasteiger partial charge in [-0.15, -0.1) is 0 Å². The van der Waals surface area contributed by atoms with Crippen LogP contribution in [0, 0.1) is 5.92 Å². The monoisotopic (exact) mass is 289 g/mol. The second-order valence-electron chi connectivity index (χ2n) is 5.76. The molecule has 0 radical (unpaired) electrons. The summed E-state index contributed by atoms with van der Waals surface area (Å²) in [5.41, 5.74) is 2.91. The molecule has 1 N–H and O–H groups in total. The van der Waals surface area contributed by atoms with Crippen LogP contribution in [0.15, 0.2) is 18.2 Å². The Morgan fingerprint density at radius 2 is 2.15 bits per heavy atom. The molecule has 1 aromatic carbocycles. The van der Waals surface area contributed by atoms with Crippen LogP contribution in [0.3, 0.4) is 0 Å². The average Bonchev–Trinajstić information content (AvgIpc) is 2.36. The Morgan fingerprint density at radius 1 is 1.40 bits per heavy atom. The maximum absolute atomic E-state index is 11.7. The fourth-order valence-corrected chi connectivity index (χ4v) is 3.47. The standard InChI is InChI=1S/C16H16ClNO2/c1-8-5-9(2)15-12(6-8)14(16(19)20)11-4-3-10(17)7-13(11)18-15/h3-4,7-9H,5-6H2,1-2H3,(H,19,20). The van der Waals surface area contributed by atoms with E-state index in [4.69, 9.17) is 11.6 Å². The van der Waals surface area contributed by atoms with E-state index in [1.54, 1.807) is 18.2 Å². The molecule has 0 saturated heterocycles. The van der Waals surface area contributed by atoms with Crippen LogP contribution in [-0.4, -0.2) is 16.1 Å². The van der Waals surface area contributed by atoms with E-state index in [9.17, 15) is 9.90 Å². The second-order valence-corrected chi connectivity index (χ2v) is 6.20. The van der Waals surface area contributed by atoms with Gasteiger partial charge in [0.15, 0.2) is 0 Å². The summed E-state index contributed by atoms with van der Waals surface area (Å²) >= 11 is 6.01. The minimum absolute atomic E-state index is 0.287. The number of carboxylic acid groups (broad SMARTS) is 1. The first kappa shape index (κ1) is 13.4. The maximum atomic E-state index is 11.7. The predicted octanol–water partition coefficient (Wildman–Crippen LogP) is 4.27. The summed E-state index contributed by atoms with van der Waals surface area (Å²) in [5.74, 6) is -0.102. The van der Waals surface area contributed by atoms with Gasteiger partial charge >= 0.3 is 5.97 Å². The van der Waals surface area contributed by atoms with Gasteiger partial charge in [-0.2, -0.15) is 0 Å². The second kappa shape index (κ2) is 4.74. The number of pyridine rings is 1. The summed E-state index contributed by atoms with van der Waals surface area (Å²) < 4.78 is 0.